The van der Waals surface area contributed by atoms with Crippen LogP contribution in [-0.2, 0) is 18.3 Å². The van der Waals surface area contributed by atoms with Crippen molar-refractivity contribution in [2.45, 2.75) is 57.8 Å². The van der Waals surface area contributed by atoms with Crippen molar-refractivity contribution in [2.75, 3.05) is 7.11 Å². The molecule has 0 atom stereocenters. The molecule has 0 aliphatic heterocycles. The Bertz CT molecular complexity index is 1060. The maximum absolute atomic E-state index is 11.3. The van der Waals surface area contributed by atoms with E-state index in [-0.39, 0.29) is 11.1 Å². The van der Waals surface area contributed by atoms with Crippen molar-refractivity contribution in [3.8, 4) is 5.75 Å². The minimum Gasteiger partial charge on any atom is -0.496 e. The molecule has 1 saturated carbocycles. The number of unbranched alkanes of at least 4 members (excludes halogenated alkanes) is 1. The van der Waals surface area contributed by atoms with Crippen LogP contribution in [0.25, 0.3) is 10.9 Å². The molecule has 152 valence electrons. The molecule has 0 saturated heterocycles. The first-order valence-electron chi connectivity index (χ1n) is 10.4. The van der Waals surface area contributed by atoms with Crippen LogP contribution in [0.2, 0.25) is 0 Å². The molecule has 1 aliphatic rings. The highest BCUT2D eigenvalue weighted by Gasteiger charge is 2.42. The van der Waals surface area contributed by atoms with Gasteiger partial charge in [0.05, 0.1) is 7.11 Å². The lowest BCUT2D eigenvalue weighted by Crippen LogP contribution is -2.07. The minimum atomic E-state index is -0.994. The van der Waals surface area contributed by atoms with Gasteiger partial charge in [0.1, 0.15) is 11.4 Å². The van der Waals surface area contributed by atoms with Crippen molar-refractivity contribution < 1.29 is 14.6 Å². The Hall–Kier alpha value is -2.82. The lowest BCUT2D eigenvalue weighted by molar-refractivity contribution is 0.0690. The number of aromatic amines is 1. The fourth-order valence-electron chi connectivity index (χ4n) is 4.09. The van der Waals surface area contributed by atoms with Gasteiger partial charge in [-0.25, -0.2) is 9.78 Å². The van der Waals surface area contributed by atoms with Crippen LogP contribution in [0.15, 0.2) is 30.3 Å². The Morgan fingerprint density at radius 1 is 1.31 bits per heavy atom. The van der Waals surface area contributed by atoms with Gasteiger partial charge in [-0.3, -0.25) is 0 Å². The number of carboxylic acids is 1. The molecule has 2 heterocycles. The van der Waals surface area contributed by atoms with Crippen LogP contribution < -0.4 is 4.74 Å². The quantitative estimate of drug-likeness (QED) is 0.549. The molecule has 0 spiro atoms. The standard InChI is InChI=1S/C24H28N2O3/c1-4-5-7-15-12-17-18(13-16-8-6-9-19(25-16)23(27)28)22(24(2)10-11-24)26-20(17)14-21(15)29-3/h6,8-9,12,14,26H,4-5,7,10-11,13H2,1-3H3,(H,27,28). The summed E-state index contributed by atoms with van der Waals surface area (Å²) in [6.07, 6.45) is 6.18. The largest absolute Gasteiger partial charge is 0.496 e. The molecule has 0 radical (unpaired) electrons. The average Bonchev–Trinajstić information content (AvgIpc) is 3.37. The third kappa shape index (κ3) is 3.74. The Kier molecular flexibility index (Phi) is 5.07. The predicted octanol–water partition coefficient (Wildman–Crippen LogP) is 5.25. The summed E-state index contributed by atoms with van der Waals surface area (Å²) >= 11 is 0. The molecule has 2 aromatic heterocycles. The number of nitrogens with zero attached hydrogens (tertiary/aromatic N) is 1. The van der Waals surface area contributed by atoms with Gasteiger partial charge in [0.2, 0.25) is 0 Å². The maximum atomic E-state index is 11.3. The van der Waals surface area contributed by atoms with Crippen molar-refractivity contribution in [3.05, 3.63) is 58.5 Å². The van der Waals surface area contributed by atoms with Gasteiger partial charge < -0.3 is 14.8 Å². The van der Waals surface area contributed by atoms with E-state index in [9.17, 15) is 9.90 Å². The number of pyridine rings is 1. The van der Waals surface area contributed by atoms with E-state index < -0.39 is 5.97 Å². The van der Waals surface area contributed by atoms with Crippen LogP contribution in [0, 0.1) is 0 Å². The highest BCUT2D eigenvalue weighted by molar-refractivity contribution is 5.88. The number of nitrogens with one attached hydrogen (secondary N) is 1. The van der Waals surface area contributed by atoms with Crippen LogP contribution in [0.3, 0.4) is 0 Å². The summed E-state index contributed by atoms with van der Waals surface area (Å²) in [5.41, 5.74) is 5.82. The summed E-state index contributed by atoms with van der Waals surface area (Å²) in [4.78, 5) is 19.4. The van der Waals surface area contributed by atoms with Gasteiger partial charge in [0.15, 0.2) is 0 Å². The highest BCUT2D eigenvalue weighted by atomic mass is 16.5. The van der Waals surface area contributed by atoms with Gasteiger partial charge in [0, 0.05) is 40.2 Å². The summed E-state index contributed by atoms with van der Waals surface area (Å²) in [5, 5.41) is 10.5. The van der Waals surface area contributed by atoms with Crippen molar-refractivity contribution in [1.82, 2.24) is 9.97 Å². The van der Waals surface area contributed by atoms with Gasteiger partial charge in [-0.05, 0) is 55.0 Å². The van der Waals surface area contributed by atoms with Gasteiger partial charge in [-0.2, -0.15) is 0 Å². The van der Waals surface area contributed by atoms with E-state index >= 15 is 0 Å². The number of aryl methyl sites for hydroxylation is 1. The van der Waals surface area contributed by atoms with Crippen LogP contribution in [0.5, 0.6) is 5.75 Å². The fraction of sp³-hybridized carbons (Fsp3) is 0.417. The van der Waals surface area contributed by atoms with E-state index in [4.69, 9.17) is 4.74 Å². The summed E-state index contributed by atoms with van der Waals surface area (Å²) in [6, 6.07) is 9.59. The number of hydrogen-bond donors (Lipinski definition) is 2. The van der Waals surface area contributed by atoms with Crippen molar-refractivity contribution in [2.24, 2.45) is 0 Å². The average molecular weight is 392 g/mol. The Labute approximate surface area is 171 Å². The molecule has 1 aromatic carbocycles. The molecular formula is C24H28N2O3. The third-order valence-electron chi connectivity index (χ3n) is 6.09. The first kappa shape index (κ1) is 19.5. The monoisotopic (exact) mass is 392 g/mol. The van der Waals surface area contributed by atoms with Gasteiger partial charge >= 0.3 is 5.97 Å². The summed E-state index contributed by atoms with van der Waals surface area (Å²) < 4.78 is 5.66. The second-order valence-corrected chi connectivity index (χ2v) is 8.35. The second kappa shape index (κ2) is 7.54. The number of aromatic nitrogens is 2. The molecule has 0 bridgehead atoms. The van der Waals surface area contributed by atoms with E-state index in [0.29, 0.717) is 6.42 Å². The number of H-pyrrole nitrogens is 1. The second-order valence-electron chi connectivity index (χ2n) is 8.35. The van der Waals surface area contributed by atoms with E-state index in [1.54, 1.807) is 13.2 Å². The summed E-state index contributed by atoms with van der Waals surface area (Å²) in [6.45, 7) is 4.48. The van der Waals surface area contributed by atoms with Crippen LogP contribution in [0.4, 0.5) is 0 Å². The van der Waals surface area contributed by atoms with Gasteiger partial charge in [-0.1, -0.05) is 26.3 Å². The molecule has 5 nitrogen and oxygen atoms in total. The topological polar surface area (TPSA) is 75.2 Å². The molecule has 0 amide bonds. The Morgan fingerprint density at radius 2 is 2.10 bits per heavy atom. The summed E-state index contributed by atoms with van der Waals surface area (Å²) in [7, 11) is 1.73. The number of fused-ring (bicyclic) bond motifs is 1. The third-order valence-corrected chi connectivity index (χ3v) is 6.09. The zero-order valence-electron chi connectivity index (χ0n) is 17.3. The van der Waals surface area contributed by atoms with Crippen LogP contribution in [0.1, 0.15) is 72.5 Å². The number of carbonyl (C=O) groups is 1. The first-order chi connectivity index (χ1) is 13.9. The van der Waals surface area contributed by atoms with Crippen molar-refractivity contribution in [3.63, 3.8) is 0 Å². The first-order valence-corrected chi connectivity index (χ1v) is 10.4. The maximum Gasteiger partial charge on any atom is 0.354 e. The van der Waals surface area contributed by atoms with Gasteiger partial charge in [0.25, 0.3) is 0 Å². The zero-order chi connectivity index (χ0) is 20.6. The lowest BCUT2D eigenvalue weighted by atomic mass is 9.95. The van der Waals surface area contributed by atoms with Crippen LogP contribution >= 0.6 is 0 Å². The number of benzene rings is 1. The van der Waals surface area contributed by atoms with E-state index in [1.165, 1.54) is 28.3 Å². The number of hydrogen-bond acceptors (Lipinski definition) is 3. The number of carboxylic acid groups (broad SMARTS) is 1. The number of ether oxygens (including phenoxy) is 1. The molecule has 2 N–H and O–H groups in total. The molecule has 3 aromatic rings. The van der Waals surface area contributed by atoms with E-state index in [1.807, 2.05) is 6.07 Å². The highest BCUT2D eigenvalue weighted by Crippen LogP contribution is 2.50. The number of methoxy groups -OCH3 is 1. The van der Waals surface area contributed by atoms with E-state index in [2.05, 4.69) is 35.9 Å². The number of aromatic carboxylic acids is 1. The lowest BCUT2D eigenvalue weighted by Gasteiger charge is -2.12. The molecule has 1 fully saturated rings. The SMILES string of the molecule is CCCCc1cc2c(Cc3cccc(C(=O)O)n3)c(C3(C)CC3)[nH]c2cc1OC. The summed E-state index contributed by atoms with van der Waals surface area (Å²) in [5.74, 6) is -0.0657. The predicted molar refractivity (Wildman–Crippen MR) is 114 cm³/mol. The van der Waals surface area contributed by atoms with Crippen molar-refractivity contribution in [1.29, 1.82) is 0 Å². The molecule has 0 unspecified atom stereocenters. The smallest absolute Gasteiger partial charge is 0.354 e. The van der Waals surface area contributed by atoms with E-state index in [0.717, 1.165) is 49.1 Å². The fourth-order valence-corrected chi connectivity index (χ4v) is 4.09. The Morgan fingerprint density at radius 3 is 2.76 bits per heavy atom. The zero-order valence-corrected chi connectivity index (χ0v) is 17.3. The molecule has 1 aliphatic carbocycles. The molecule has 5 heteroatoms. The molecule has 29 heavy (non-hydrogen) atoms. The molecular weight excluding hydrogens is 364 g/mol. The number of rotatable bonds is 8. The van der Waals surface area contributed by atoms with Gasteiger partial charge in [-0.15, -0.1) is 0 Å². The minimum absolute atomic E-state index is 0.0897. The Balaban J connectivity index is 1.83. The molecule has 4 rings (SSSR count). The normalized spacial score (nSPS) is 14.9. The van der Waals surface area contributed by atoms with Crippen LogP contribution in [-0.4, -0.2) is 28.2 Å². The van der Waals surface area contributed by atoms with Crippen molar-refractivity contribution >= 4 is 16.9 Å².